The molecule has 1 fully saturated rings. The van der Waals surface area contributed by atoms with Crippen LogP contribution in [0, 0.1) is 0 Å². The van der Waals surface area contributed by atoms with Crippen molar-refractivity contribution in [1.29, 1.82) is 0 Å². The van der Waals surface area contributed by atoms with E-state index < -0.39 is 0 Å². The molecule has 0 spiro atoms. The SMILES string of the molecule is O=C(Nc1c(Cl)cccc1Cl)c1ccc([C@@H]2SCC(=O)N2Cc2ccc(Cl)cc2)cc1. The van der Waals surface area contributed by atoms with E-state index in [2.05, 4.69) is 5.32 Å². The normalized spacial score (nSPS) is 15.9. The number of thioether (sulfide) groups is 1. The van der Waals surface area contributed by atoms with Crippen LogP contribution in [0.25, 0.3) is 0 Å². The zero-order chi connectivity index (χ0) is 22.0. The van der Waals surface area contributed by atoms with Crippen LogP contribution in [0.5, 0.6) is 0 Å². The Morgan fingerprint density at radius 1 is 0.968 bits per heavy atom. The van der Waals surface area contributed by atoms with Crippen molar-refractivity contribution in [2.45, 2.75) is 11.9 Å². The third-order valence-corrected chi connectivity index (χ3v) is 7.03. The minimum Gasteiger partial charge on any atom is -0.322 e. The molecule has 4 rings (SSSR count). The van der Waals surface area contributed by atoms with Gasteiger partial charge in [0.05, 0.1) is 21.5 Å². The van der Waals surface area contributed by atoms with E-state index in [1.165, 1.54) is 0 Å². The highest BCUT2D eigenvalue weighted by atomic mass is 35.5. The van der Waals surface area contributed by atoms with Gasteiger partial charge in [-0.05, 0) is 47.5 Å². The lowest BCUT2D eigenvalue weighted by Gasteiger charge is -2.24. The number of hydrogen-bond donors (Lipinski definition) is 1. The van der Waals surface area contributed by atoms with E-state index in [0.717, 1.165) is 11.1 Å². The molecule has 2 amide bonds. The van der Waals surface area contributed by atoms with Crippen molar-refractivity contribution in [3.05, 3.63) is 98.5 Å². The van der Waals surface area contributed by atoms with Crippen LogP contribution in [-0.2, 0) is 11.3 Å². The van der Waals surface area contributed by atoms with E-state index in [4.69, 9.17) is 34.8 Å². The quantitative estimate of drug-likeness (QED) is 0.433. The average molecular weight is 492 g/mol. The molecule has 3 aromatic carbocycles. The summed E-state index contributed by atoms with van der Waals surface area (Å²) in [7, 11) is 0. The van der Waals surface area contributed by atoms with Gasteiger partial charge in [-0.15, -0.1) is 11.8 Å². The Bertz CT molecular complexity index is 1100. The summed E-state index contributed by atoms with van der Waals surface area (Å²) in [4.78, 5) is 26.9. The molecule has 1 aliphatic rings. The zero-order valence-electron chi connectivity index (χ0n) is 16.1. The summed E-state index contributed by atoms with van der Waals surface area (Å²) in [5.74, 6) is 0.195. The number of anilines is 1. The number of carbonyl (C=O) groups excluding carboxylic acids is 2. The Balaban J connectivity index is 1.49. The van der Waals surface area contributed by atoms with Crippen LogP contribution in [0.15, 0.2) is 66.7 Å². The minimum absolute atomic E-state index is 0.0835. The van der Waals surface area contributed by atoms with Crippen molar-refractivity contribution >= 4 is 64.1 Å². The van der Waals surface area contributed by atoms with Gasteiger partial charge in [-0.1, -0.05) is 65.1 Å². The average Bonchev–Trinajstić information content (AvgIpc) is 3.12. The molecule has 3 aromatic rings. The van der Waals surface area contributed by atoms with Gasteiger partial charge in [-0.25, -0.2) is 0 Å². The Hall–Kier alpha value is -2.18. The molecule has 1 N–H and O–H groups in total. The van der Waals surface area contributed by atoms with Gasteiger partial charge in [0.25, 0.3) is 5.91 Å². The third kappa shape index (κ3) is 5.01. The fourth-order valence-electron chi connectivity index (χ4n) is 3.29. The van der Waals surface area contributed by atoms with Gasteiger partial charge < -0.3 is 10.2 Å². The van der Waals surface area contributed by atoms with Crippen molar-refractivity contribution in [2.75, 3.05) is 11.1 Å². The largest absolute Gasteiger partial charge is 0.322 e. The first-order chi connectivity index (χ1) is 14.9. The van der Waals surface area contributed by atoms with Crippen LogP contribution >= 0.6 is 46.6 Å². The molecule has 0 saturated carbocycles. The van der Waals surface area contributed by atoms with E-state index in [9.17, 15) is 9.59 Å². The van der Waals surface area contributed by atoms with Crippen LogP contribution in [0.3, 0.4) is 0 Å². The van der Waals surface area contributed by atoms with Gasteiger partial charge in [0, 0.05) is 17.1 Å². The van der Waals surface area contributed by atoms with Crippen LogP contribution in [0.4, 0.5) is 5.69 Å². The van der Waals surface area contributed by atoms with Crippen LogP contribution < -0.4 is 5.32 Å². The zero-order valence-corrected chi connectivity index (χ0v) is 19.2. The Morgan fingerprint density at radius 3 is 2.26 bits per heavy atom. The molecular weight excluding hydrogens is 475 g/mol. The first-order valence-electron chi connectivity index (χ1n) is 9.43. The van der Waals surface area contributed by atoms with Crippen molar-refractivity contribution in [3.8, 4) is 0 Å². The predicted molar refractivity (Wildman–Crippen MR) is 128 cm³/mol. The van der Waals surface area contributed by atoms with Crippen LogP contribution in [-0.4, -0.2) is 22.5 Å². The summed E-state index contributed by atoms with van der Waals surface area (Å²) >= 11 is 19.8. The number of nitrogens with zero attached hydrogens (tertiary/aromatic N) is 1. The lowest BCUT2D eigenvalue weighted by molar-refractivity contribution is -0.128. The monoisotopic (exact) mass is 490 g/mol. The van der Waals surface area contributed by atoms with Gasteiger partial charge >= 0.3 is 0 Å². The van der Waals surface area contributed by atoms with Gasteiger partial charge in [0.1, 0.15) is 5.37 Å². The van der Waals surface area contributed by atoms with Crippen LogP contribution in [0.1, 0.15) is 26.9 Å². The second-order valence-corrected chi connectivity index (χ2v) is 9.30. The maximum atomic E-state index is 12.6. The molecule has 158 valence electrons. The Kier molecular flexibility index (Phi) is 6.77. The highest BCUT2D eigenvalue weighted by Gasteiger charge is 2.32. The number of hydrogen-bond acceptors (Lipinski definition) is 3. The van der Waals surface area contributed by atoms with E-state index in [0.29, 0.717) is 38.6 Å². The summed E-state index contributed by atoms with van der Waals surface area (Å²) < 4.78 is 0. The lowest BCUT2D eigenvalue weighted by Crippen LogP contribution is -2.27. The second kappa shape index (κ2) is 9.53. The summed E-state index contributed by atoms with van der Waals surface area (Å²) in [6.07, 6.45) is 0. The molecule has 8 heteroatoms. The van der Waals surface area contributed by atoms with E-state index in [-0.39, 0.29) is 17.2 Å². The maximum absolute atomic E-state index is 12.6. The minimum atomic E-state index is -0.310. The molecule has 1 atom stereocenters. The number of benzene rings is 3. The lowest BCUT2D eigenvalue weighted by atomic mass is 10.1. The second-order valence-electron chi connectivity index (χ2n) is 6.98. The summed E-state index contributed by atoms with van der Waals surface area (Å²) in [5, 5.41) is 4.05. The van der Waals surface area contributed by atoms with Gasteiger partial charge in [0.15, 0.2) is 0 Å². The van der Waals surface area contributed by atoms with Gasteiger partial charge in [-0.3, -0.25) is 9.59 Å². The number of para-hydroxylation sites is 1. The first kappa shape index (κ1) is 22.0. The van der Waals surface area contributed by atoms with Gasteiger partial charge in [-0.2, -0.15) is 0 Å². The van der Waals surface area contributed by atoms with Gasteiger partial charge in [0.2, 0.25) is 5.91 Å². The molecule has 1 saturated heterocycles. The van der Waals surface area contributed by atoms with Crippen LogP contribution in [0.2, 0.25) is 15.1 Å². The van der Waals surface area contributed by atoms with Crippen molar-refractivity contribution in [3.63, 3.8) is 0 Å². The molecule has 0 aliphatic carbocycles. The molecule has 1 aliphatic heterocycles. The van der Waals surface area contributed by atoms with E-state index in [1.54, 1.807) is 42.1 Å². The number of nitrogens with one attached hydrogen (secondary N) is 1. The molecule has 4 nitrogen and oxygen atoms in total. The third-order valence-electron chi connectivity index (χ3n) is 4.89. The molecule has 0 radical (unpaired) electrons. The molecular formula is C23H17Cl3N2O2S. The summed E-state index contributed by atoms with van der Waals surface area (Å²) in [6, 6.07) is 19.7. The summed E-state index contributed by atoms with van der Waals surface area (Å²) in [5.41, 5.74) is 2.82. The topological polar surface area (TPSA) is 49.4 Å². The number of amides is 2. The van der Waals surface area contributed by atoms with Crippen molar-refractivity contribution < 1.29 is 9.59 Å². The number of carbonyl (C=O) groups is 2. The highest BCUT2D eigenvalue weighted by molar-refractivity contribution is 8.00. The molecule has 0 bridgehead atoms. The fourth-order valence-corrected chi connectivity index (χ4v) is 5.10. The van der Waals surface area contributed by atoms with E-state index in [1.807, 2.05) is 41.3 Å². The standard InChI is InChI=1S/C23H17Cl3N2O2S/c24-17-10-4-14(5-11-17)12-28-20(29)13-31-23(28)16-8-6-15(7-9-16)22(30)27-21-18(25)2-1-3-19(21)26/h1-11,23H,12-13H2,(H,27,30)/t23-/m0/s1. The molecule has 1 heterocycles. The molecule has 0 unspecified atom stereocenters. The fraction of sp³-hybridized carbons (Fsp3) is 0.130. The molecule has 0 aromatic heterocycles. The smallest absolute Gasteiger partial charge is 0.255 e. The first-order valence-corrected chi connectivity index (χ1v) is 11.6. The Labute approximate surface area is 199 Å². The van der Waals surface area contributed by atoms with Crippen molar-refractivity contribution in [2.24, 2.45) is 0 Å². The van der Waals surface area contributed by atoms with E-state index >= 15 is 0 Å². The Morgan fingerprint density at radius 2 is 1.61 bits per heavy atom. The highest BCUT2D eigenvalue weighted by Crippen LogP contribution is 2.39. The predicted octanol–water partition coefficient (Wildman–Crippen LogP) is 6.67. The van der Waals surface area contributed by atoms with Crippen molar-refractivity contribution in [1.82, 2.24) is 4.90 Å². The number of rotatable bonds is 5. The maximum Gasteiger partial charge on any atom is 0.255 e. The summed E-state index contributed by atoms with van der Waals surface area (Å²) in [6.45, 7) is 0.501. The number of halogens is 3. The molecule has 31 heavy (non-hydrogen) atoms.